The average molecular weight is 299 g/mol. The van der Waals surface area contributed by atoms with Crippen LogP contribution in [0.15, 0.2) is 29.3 Å². The van der Waals surface area contributed by atoms with E-state index in [4.69, 9.17) is 5.73 Å². The van der Waals surface area contributed by atoms with Crippen molar-refractivity contribution >= 4 is 17.0 Å². The van der Waals surface area contributed by atoms with Gasteiger partial charge in [0.15, 0.2) is 0 Å². The summed E-state index contributed by atoms with van der Waals surface area (Å²) in [4.78, 5) is 24.6. The average Bonchev–Trinajstić information content (AvgIpc) is 2.48. The zero-order valence-electron chi connectivity index (χ0n) is 12.2. The Kier molecular flexibility index (Phi) is 3.32. The summed E-state index contributed by atoms with van der Waals surface area (Å²) in [6.07, 6.45) is 2.53. The highest BCUT2D eigenvalue weighted by atomic mass is 19.1. The molecule has 0 saturated carbocycles. The molecule has 6 nitrogen and oxygen atoms in total. The van der Waals surface area contributed by atoms with Gasteiger partial charge in [0.05, 0.1) is 17.5 Å². The molecule has 0 bridgehead atoms. The standard InChI is InChI=1S/C15H14FN5O/c1-3-21-13-10(8(2)19-15(17)20-13)6-11(14(21)22)9-4-5-18-7-12(9)16/h4-7H,3H2,1-2H3,(H2,17,19,20). The normalized spacial score (nSPS) is 11.0. The first-order valence-corrected chi connectivity index (χ1v) is 6.80. The van der Waals surface area contributed by atoms with Crippen molar-refractivity contribution in [3.05, 3.63) is 46.4 Å². The van der Waals surface area contributed by atoms with E-state index in [0.717, 1.165) is 6.20 Å². The second-order valence-electron chi connectivity index (χ2n) is 4.87. The molecular weight excluding hydrogens is 285 g/mol. The minimum atomic E-state index is -0.546. The Morgan fingerprint density at radius 2 is 2.09 bits per heavy atom. The number of nitrogens with two attached hydrogens (primary N) is 1. The number of hydrogen-bond acceptors (Lipinski definition) is 5. The zero-order valence-corrected chi connectivity index (χ0v) is 12.2. The Balaban J connectivity index is 2.46. The van der Waals surface area contributed by atoms with Crippen molar-refractivity contribution in [1.82, 2.24) is 19.5 Å². The molecule has 22 heavy (non-hydrogen) atoms. The maximum Gasteiger partial charge on any atom is 0.260 e. The number of hydrogen-bond donors (Lipinski definition) is 1. The van der Waals surface area contributed by atoms with Crippen LogP contribution in [0.3, 0.4) is 0 Å². The van der Waals surface area contributed by atoms with Crippen molar-refractivity contribution in [3.8, 4) is 11.1 Å². The van der Waals surface area contributed by atoms with Gasteiger partial charge in [-0.05, 0) is 26.0 Å². The zero-order chi connectivity index (χ0) is 15.9. The molecule has 3 aromatic rings. The predicted octanol–water partition coefficient (Wildman–Crippen LogP) is 1.90. The Labute approximate surface area is 125 Å². The molecule has 0 unspecified atom stereocenters. The number of nitrogen functional groups attached to an aromatic ring is 1. The molecule has 0 saturated heterocycles. The van der Waals surface area contributed by atoms with Gasteiger partial charge in [0.25, 0.3) is 5.56 Å². The fourth-order valence-corrected chi connectivity index (χ4v) is 2.49. The summed E-state index contributed by atoms with van der Waals surface area (Å²) >= 11 is 0. The Bertz CT molecular complexity index is 935. The Morgan fingerprint density at radius 1 is 1.32 bits per heavy atom. The van der Waals surface area contributed by atoms with E-state index in [0.29, 0.717) is 23.3 Å². The van der Waals surface area contributed by atoms with E-state index >= 15 is 0 Å². The lowest BCUT2D eigenvalue weighted by Crippen LogP contribution is -2.23. The molecule has 3 aromatic heterocycles. The highest BCUT2D eigenvalue weighted by Crippen LogP contribution is 2.24. The quantitative estimate of drug-likeness (QED) is 0.781. The molecule has 7 heteroatoms. The Hall–Kier alpha value is -2.83. The van der Waals surface area contributed by atoms with Gasteiger partial charge in [0, 0.05) is 23.7 Å². The van der Waals surface area contributed by atoms with Gasteiger partial charge < -0.3 is 5.73 Å². The van der Waals surface area contributed by atoms with Crippen molar-refractivity contribution in [3.63, 3.8) is 0 Å². The molecule has 0 fully saturated rings. The van der Waals surface area contributed by atoms with Gasteiger partial charge in [-0.3, -0.25) is 14.3 Å². The maximum absolute atomic E-state index is 14.0. The van der Waals surface area contributed by atoms with Crippen LogP contribution in [0.5, 0.6) is 0 Å². The molecule has 0 aromatic carbocycles. The van der Waals surface area contributed by atoms with Crippen molar-refractivity contribution < 1.29 is 4.39 Å². The van der Waals surface area contributed by atoms with Crippen LogP contribution in [-0.2, 0) is 6.54 Å². The van der Waals surface area contributed by atoms with E-state index in [2.05, 4.69) is 15.0 Å². The van der Waals surface area contributed by atoms with E-state index in [-0.39, 0.29) is 22.6 Å². The van der Waals surface area contributed by atoms with Crippen molar-refractivity contribution in [2.75, 3.05) is 5.73 Å². The molecular formula is C15H14FN5O. The Morgan fingerprint density at radius 3 is 2.77 bits per heavy atom. The van der Waals surface area contributed by atoms with Gasteiger partial charge in [-0.25, -0.2) is 9.37 Å². The molecule has 3 heterocycles. The predicted molar refractivity (Wildman–Crippen MR) is 81.8 cm³/mol. The lowest BCUT2D eigenvalue weighted by atomic mass is 10.1. The fourth-order valence-electron chi connectivity index (χ4n) is 2.49. The van der Waals surface area contributed by atoms with Gasteiger partial charge in [-0.15, -0.1) is 0 Å². The summed E-state index contributed by atoms with van der Waals surface area (Å²) in [6, 6.07) is 3.09. The number of halogens is 1. The molecule has 112 valence electrons. The molecule has 0 amide bonds. The molecule has 2 N–H and O–H groups in total. The third-order valence-corrected chi connectivity index (χ3v) is 3.53. The minimum absolute atomic E-state index is 0.106. The van der Waals surface area contributed by atoms with Crippen LogP contribution in [0.2, 0.25) is 0 Å². The van der Waals surface area contributed by atoms with Crippen LogP contribution in [-0.4, -0.2) is 19.5 Å². The van der Waals surface area contributed by atoms with Crippen LogP contribution in [0.25, 0.3) is 22.2 Å². The summed E-state index contributed by atoms with van der Waals surface area (Å²) in [6.45, 7) is 3.99. The second-order valence-corrected chi connectivity index (χ2v) is 4.87. The molecule has 0 aliphatic heterocycles. The summed E-state index contributed by atoms with van der Waals surface area (Å²) in [7, 11) is 0. The first kappa shape index (κ1) is 14.1. The number of aryl methyl sites for hydroxylation is 2. The van der Waals surface area contributed by atoms with Gasteiger partial charge in [-0.2, -0.15) is 4.98 Å². The van der Waals surface area contributed by atoms with Gasteiger partial charge in [0.2, 0.25) is 5.95 Å². The van der Waals surface area contributed by atoms with E-state index < -0.39 is 5.82 Å². The monoisotopic (exact) mass is 299 g/mol. The topological polar surface area (TPSA) is 86.7 Å². The summed E-state index contributed by atoms with van der Waals surface area (Å²) < 4.78 is 15.5. The number of pyridine rings is 2. The highest BCUT2D eigenvalue weighted by molar-refractivity contribution is 5.84. The molecule has 0 aliphatic carbocycles. The van der Waals surface area contributed by atoms with Crippen LogP contribution >= 0.6 is 0 Å². The van der Waals surface area contributed by atoms with Crippen molar-refractivity contribution in [2.45, 2.75) is 20.4 Å². The molecule has 0 spiro atoms. The molecule has 0 atom stereocenters. The van der Waals surface area contributed by atoms with E-state index in [1.54, 1.807) is 13.0 Å². The first-order valence-electron chi connectivity index (χ1n) is 6.80. The molecule has 0 aliphatic rings. The highest BCUT2D eigenvalue weighted by Gasteiger charge is 2.16. The smallest absolute Gasteiger partial charge is 0.260 e. The van der Waals surface area contributed by atoms with Crippen molar-refractivity contribution in [1.29, 1.82) is 0 Å². The lowest BCUT2D eigenvalue weighted by Gasteiger charge is -2.12. The fraction of sp³-hybridized carbons (Fsp3) is 0.200. The van der Waals surface area contributed by atoms with Crippen LogP contribution in [0.4, 0.5) is 10.3 Å². The SMILES string of the molecule is CCn1c(=O)c(-c2ccncc2F)cc2c(C)nc(N)nc21. The summed E-state index contributed by atoms with van der Waals surface area (Å²) in [5, 5.41) is 0.668. The van der Waals surface area contributed by atoms with Gasteiger partial charge in [0.1, 0.15) is 11.5 Å². The molecule has 0 radical (unpaired) electrons. The number of anilines is 1. The largest absolute Gasteiger partial charge is 0.368 e. The lowest BCUT2D eigenvalue weighted by molar-refractivity contribution is 0.624. The third-order valence-electron chi connectivity index (χ3n) is 3.53. The number of nitrogens with zero attached hydrogens (tertiary/aromatic N) is 4. The van der Waals surface area contributed by atoms with Gasteiger partial charge >= 0.3 is 0 Å². The van der Waals surface area contributed by atoms with E-state index in [1.807, 2.05) is 6.92 Å². The van der Waals surface area contributed by atoms with Crippen LogP contribution in [0, 0.1) is 12.7 Å². The summed E-state index contributed by atoms with van der Waals surface area (Å²) in [5.41, 5.74) is 6.90. The van der Waals surface area contributed by atoms with E-state index in [9.17, 15) is 9.18 Å². The summed E-state index contributed by atoms with van der Waals surface area (Å²) in [5.74, 6) is -0.440. The van der Waals surface area contributed by atoms with Crippen LogP contribution in [0.1, 0.15) is 12.6 Å². The number of aromatic nitrogens is 4. The second kappa shape index (κ2) is 5.18. The molecule has 3 rings (SSSR count). The van der Waals surface area contributed by atoms with Gasteiger partial charge in [-0.1, -0.05) is 0 Å². The number of fused-ring (bicyclic) bond motifs is 1. The number of rotatable bonds is 2. The van der Waals surface area contributed by atoms with Crippen molar-refractivity contribution in [2.24, 2.45) is 0 Å². The maximum atomic E-state index is 14.0. The first-order chi connectivity index (χ1) is 10.5. The van der Waals surface area contributed by atoms with E-state index in [1.165, 1.54) is 16.8 Å². The van der Waals surface area contributed by atoms with Crippen LogP contribution < -0.4 is 11.3 Å². The minimum Gasteiger partial charge on any atom is -0.368 e. The third kappa shape index (κ3) is 2.11.